The van der Waals surface area contributed by atoms with Gasteiger partial charge in [0.15, 0.2) is 0 Å². The molecule has 0 radical (unpaired) electrons. The molecule has 0 bridgehead atoms. The Labute approximate surface area is 103 Å². The Balaban J connectivity index is 2.26. The first-order valence-electron chi connectivity index (χ1n) is 5.89. The third kappa shape index (κ3) is 5.52. The van der Waals surface area contributed by atoms with Crippen LogP contribution in [0.3, 0.4) is 0 Å². The van der Waals surface area contributed by atoms with Gasteiger partial charge in [0, 0.05) is 17.5 Å². The Bertz CT molecular complexity index is 303. The third-order valence-corrected chi connectivity index (χ3v) is 3.20. The van der Waals surface area contributed by atoms with Crippen molar-refractivity contribution in [2.45, 2.75) is 45.2 Å². The van der Waals surface area contributed by atoms with Crippen molar-refractivity contribution in [3.05, 3.63) is 23.4 Å². The lowest BCUT2D eigenvalue weighted by molar-refractivity contribution is 0.586. The zero-order valence-corrected chi connectivity index (χ0v) is 11.5. The summed E-state index contributed by atoms with van der Waals surface area (Å²) >= 11 is 1.85. The van der Waals surface area contributed by atoms with Crippen LogP contribution in [0.4, 0.5) is 0 Å². The molecule has 0 spiro atoms. The number of aromatic nitrogens is 1. The predicted molar refractivity (Wildman–Crippen MR) is 72.2 cm³/mol. The SMILES string of the molecule is Cc1cc(C)nc(SCCCNC(C)C)c1. The molecule has 1 heterocycles. The minimum Gasteiger partial charge on any atom is -0.315 e. The summed E-state index contributed by atoms with van der Waals surface area (Å²) in [5, 5.41) is 4.58. The van der Waals surface area contributed by atoms with Gasteiger partial charge in [0.25, 0.3) is 0 Å². The molecular formula is C13H22N2S. The number of nitrogens with one attached hydrogen (secondary N) is 1. The lowest BCUT2D eigenvalue weighted by Gasteiger charge is -2.07. The molecule has 0 saturated carbocycles. The normalized spacial score (nSPS) is 11.1. The Kier molecular flexibility index (Phi) is 5.85. The molecule has 0 amide bonds. The van der Waals surface area contributed by atoms with E-state index in [0.29, 0.717) is 6.04 Å². The van der Waals surface area contributed by atoms with Crippen LogP contribution >= 0.6 is 11.8 Å². The van der Waals surface area contributed by atoms with E-state index in [1.807, 2.05) is 11.8 Å². The molecular weight excluding hydrogens is 216 g/mol. The first-order valence-corrected chi connectivity index (χ1v) is 6.88. The summed E-state index contributed by atoms with van der Waals surface area (Å²) in [6.45, 7) is 9.63. The van der Waals surface area contributed by atoms with Crippen LogP contribution in [0, 0.1) is 13.8 Å². The second-order valence-electron chi connectivity index (χ2n) is 4.43. The summed E-state index contributed by atoms with van der Waals surface area (Å²) in [5.74, 6) is 1.13. The average Bonchev–Trinajstić information content (AvgIpc) is 2.15. The molecule has 1 N–H and O–H groups in total. The molecule has 0 fully saturated rings. The van der Waals surface area contributed by atoms with E-state index in [2.05, 4.69) is 50.1 Å². The van der Waals surface area contributed by atoms with Crippen molar-refractivity contribution in [3.8, 4) is 0 Å². The molecule has 3 heteroatoms. The van der Waals surface area contributed by atoms with Crippen LogP contribution in [0.5, 0.6) is 0 Å². The zero-order chi connectivity index (χ0) is 12.0. The maximum atomic E-state index is 4.51. The van der Waals surface area contributed by atoms with E-state index in [0.717, 1.165) is 23.0 Å². The molecule has 2 nitrogen and oxygen atoms in total. The maximum Gasteiger partial charge on any atom is 0.0965 e. The quantitative estimate of drug-likeness (QED) is 0.608. The monoisotopic (exact) mass is 238 g/mol. The van der Waals surface area contributed by atoms with Gasteiger partial charge in [-0.05, 0) is 44.5 Å². The topological polar surface area (TPSA) is 24.9 Å². The highest BCUT2D eigenvalue weighted by Gasteiger charge is 1.99. The van der Waals surface area contributed by atoms with Gasteiger partial charge >= 0.3 is 0 Å². The minimum absolute atomic E-state index is 0.587. The summed E-state index contributed by atoms with van der Waals surface area (Å²) in [4.78, 5) is 4.51. The fourth-order valence-corrected chi connectivity index (χ4v) is 2.49. The van der Waals surface area contributed by atoms with Gasteiger partial charge in [-0.3, -0.25) is 0 Å². The molecule has 16 heavy (non-hydrogen) atoms. The van der Waals surface area contributed by atoms with Gasteiger partial charge in [0.2, 0.25) is 0 Å². The van der Waals surface area contributed by atoms with Crippen LogP contribution in [0.25, 0.3) is 0 Å². The van der Waals surface area contributed by atoms with E-state index in [1.165, 1.54) is 12.0 Å². The van der Waals surface area contributed by atoms with Crippen LogP contribution in [0.15, 0.2) is 17.2 Å². The fraction of sp³-hybridized carbons (Fsp3) is 0.615. The number of nitrogens with zero attached hydrogens (tertiary/aromatic N) is 1. The highest BCUT2D eigenvalue weighted by atomic mass is 32.2. The lowest BCUT2D eigenvalue weighted by Crippen LogP contribution is -2.23. The summed E-state index contributed by atoms with van der Waals surface area (Å²) in [6, 6.07) is 4.86. The molecule has 90 valence electrons. The molecule has 1 aromatic rings. The first kappa shape index (κ1) is 13.5. The number of aryl methyl sites for hydroxylation is 2. The fourth-order valence-electron chi connectivity index (χ4n) is 1.52. The number of hydrogen-bond donors (Lipinski definition) is 1. The van der Waals surface area contributed by atoms with Gasteiger partial charge in [-0.1, -0.05) is 13.8 Å². The van der Waals surface area contributed by atoms with E-state index in [1.54, 1.807) is 0 Å². The minimum atomic E-state index is 0.587. The van der Waals surface area contributed by atoms with Crippen LogP contribution in [-0.2, 0) is 0 Å². The zero-order valence-electron chi connectivity index (χ0n) is 10.7. The number of hydrogen-bond acceptors (Lipinski definition) is 3. The number of pyridine rings is 1. The largest absolute Gasteiger partial charge is 0.315 e. The molecule has 0 saturated heterocycles. The van der Waals surface area contributed by atoms with E-state index in [4.69, 9.17) is 0 Å². The van der Waals surface area contributed by atoms with Gasteiger partial charge < -0.3 is 5.32 Å². The van der Waals surface area contributed by atoms with Crippen molar-refractivity contribution in [3.63, 3.8) is 0 Å². The third-order valence-electron chi connectivity index (χ3n) is 2.20. The summed E-state index contributed by atoms with van der Waals surface area (Å²) in [5.41, 5.74) is 2.41. The Morgan fingerprint density at radius 2 is 2.06 bits per heavy atom. The summed E-state index contributed by atoms with van der Waals surface area (Å²) in [6.07, 6.45) is 1.19. The van der Waals surface area contributed by atoms with Crippen molar-refractivity contribution in [1.29, 1.82) is 0 Å². The van der Waals surface area contributed by atoms with Gasteiger partial charge in [-0.2, -0.15) is 0 Å². The highest BCUT2D eigenvalue weighted by Crippen LogP contribution is 2.18. The summed E-state index contributed by atoms with van der Waals surface area (Å²) < 4.78 is 0. The standard InChI is InChI=1S/C13H22N2S/c1-10(2)14-6-5-7-16-13-9-11(3)8-12(4)15-13/h8-10,14H,5-7H2,1-4H3. The highest BCUT2D eigenvalue weighted by molar-refractivity contribution is 7.99. The number of rotatable bonds is 6. The van der Waals surface area contributed by atoms with Crippen LogP contribution in [-0.4, -0.2) is 23.3 Å². The van der Waals surface area contributed by atoms with Crippen LogP contribution in [0.2, 0.25) is 0 Å². The second kappa shape index (κ2) is 6.92. The molecule has 0 aromatic carbocycles. The average molecular weight is 238 g/mol. The molecule has 1 rings (SSSR count). The Morgan fingerprint density at radius 3 is 2.69 bits per heavy atom. The van der Waals surface area contributed by atoms with Gasteiger partial charge in [0.1, 0.15) is 0 Å². The second-order valence-corrected chi connectivity index (χ2v) is 5.55. The van der Waals surface area contributed by atoms with Crippen molar-refractivity contribution < 1.29 is 0 Å². The van der Waals surface area contributed by atoms with E-state index in [9.17, 15) is 0 Å². The Morgan fingerprint density at radius 1 is 1.31 bits per heavy atom. The van der Waals surface area contributed by atoms with Crippen LogP contribution in [0.1, 0.15) is 31.5 Å². The van der Waals surface area contributed by atoms with Crippen LogP contribution < -0.4 is 5.32 Å². The molecule has 0 unspecified atom stereocenters. The lowest BCUT2D eigenvalue weighted by atomic mass is 10.3. The smallest absolute Gasteiger partial charge is 0.0965 e. The van der Waals surface area contributed by atoms with Crippen molar-refractivity contribution in [2.75, 3.05) is 12.3 Å². The molecule has 0 aliphatic rings. The van der Waals surface area contributed by atoms with Gasteiger partial charge in [0.05, 0.1) is 5.03 Å². The molecule has 0 aliphatic carbocycles. The summed E-state index contributed by atoms with van der Waals surface area (Å²) in [7, 11) is 0. The maximum absolute atomic E-state index is 4.51. The van der Waals surface area contributed by atoms with E-state index in [-0.39, 0.29) is 0 Å². The van der Waals surface area contributed by atoms with Crippen molar-refractivity contribution in [1.82, 2.24) is 10.3 Å². The first-order chi connectivity index (χ1) is 7.58. The molecule has 1 aromatic heterocycles. The number of thioether (sulfide) groups is 1. The molecule has 0 atom stereocenters. The Hall–Kier alpha value is -0.540. The van der Waals surface area contributed by atoms with E-state index < -0.39 is 0 Å². The van der Waals surface area contributed by atoms with E-state index >= 15 is 0 Å². The molecule has 0 aliphatic heterocycles. The van der Waals surface area contributed by atoms with Crippen molar-refractivity contribution >= 4 is 11.8 Å². The van der Waals surface area contributed by atoms with Gasteiger partial charge in [-0.25, -0.2) is 4.98 Å². The van der Waals surface area contributed by atoms with Gasteiger partial charge in [-0.15, -0.1) is 11.8 Å². The predicted octanol–water partition coefficient (Wildman–Crippen LogP) is 3.18. The van der Waals surface area contributed by atoms with Crippen molar-refractivity contribution in [2.24, 2.45) is 0 Å².